The number of nitrogens with one attached hydrogen (secondary N) is 1. The molecule has 2 aromatic carbocycles. The number of amides is 1. The third-order valence-corrected chi connectivity index (χ3v) is 5.10. The van der Waals surface area contributed by atoms with Gasteiger partial charge >= 0.3 is 0 Å². The molecular weight excluding hydrogens is 334 g/mol. The van der Waals surface area contributed by atoms with E-state index >= 15 is 0 Å². The van der Waals surface area contributed by atoms with Gasteiger partial charge in [-0.2, -0.15) is 5.10 Å². The highest BCUT2D eigenvalue weighted by atomic mass is 16.2. The van der Waals surface area contributed by atoms with Crippen LogP contribution in [0.2, 0.25) is 0 Å². The van der Waals surface area contributed by atoms with Crippen LogP contribution in [0.4, 0.5) is 0 Å². The second kappa shape index (κ2) is 8.38. The normalized spacial score (nSPS) is 16.9. The summed E-state index contributed by atoms with van der Waals surface area (Å²) < 4.78 is 0. The van der Waals surface area contributed by atoms with Gasteiger partial charge in [0.2, 0.25) is 0 Å². The van der Waals surface area contributed by atoms with E-state index in [1.807, 2.05) is 62.4 Å². The summed E-state index contributed by atoms with van der Waals surface area (Å²) in [6, 6.07) is 20.5. The number of benzene rings is 2. The Morgan fingerprint density at radius 1 is 1.11 bits per heavy atom. The maximum Gasteiger partial charge on any atom is 0.268 e. The maximum absolute atomic E-state index is 13.0. The van der Waals surface area contributed by atoms with E-state index in [-0.39, 0.29) is 11.9 Å². The molecule has 27 heavy (non-hydrogen) atoms. The predicted octanol–water partition coefficient (Wildman–Crippen LogP) is 4.64. The van der Waals surface area contributed by atoms with Crippen LogP contribution < -0.4 is 5.32 Å². The third kappa shape index (κ3) is 4.57. The first kappa shape index (κ1) is 19.2. The summed E-state index contributed by atoms with van der Waals surface area (Å²) in [6.07, 6.45) is 2.82. The summed E-state index contributed by atoms with van der Waals surface area (Å²) >= 11 is 0. The van der Waals surface area contributed by atoms with E-state index in [0.29, 0.717) is 12.1 Å². The van der Waals surface area contributed by atoms with Crippen LogP contribution >= 0.6 is 0 Å². The minimum absolute atomic E-state index is 0.0798. The van der Waals surface area contributed by atoms with Gasteiger partial charge in [0.25, 0.3) is 5.91 Å². The van der Waals surface area contributed by atoms with Gasteiger partial charge in [0, 0.05) is 13.0 Å². The quantitative estimate of drug-likeness (QED) is 0.779. The highest BCUT2D eigenvalue weighted by Crippen LogP contribution is 2.31. The van der Waals surface area contributed by atoms with E-state index in [2.05, 4.69) is 29.4 Å². The van der Waals surface area contributed by atoms with Crippen LogP contribution in [0.1, 0.15) is 57.2 Å². The lowest BCUT2D eigenvalue weighted by Gasteiger charge is -2.26. The van der Waals surface area contributed by atoms with Gasteiger partial charge in [-0.05, 0) is 31.4 Å². The first-order valence-corrected chi connectivity index (χ1v) is 9.78. The molecule has 4 nitrogen and oxygen atoms in total. The summed E-state index contributed by atoms with van der Waals surface area (Å²) in [5.74, 6) is -0.0798. The molecule has 1 unspecified atom stereocenters. The van der Waals surface area contributed by atoms with Crippen molar-refractivity contribution in [1.82, 2.24) is 10.3 Å². The molecule has 1 atom stereocenters. The lowest BCUT2D eigenvalue weighted by Crippen LogP contribution is -2.44. The fourth-order valence-electron chi connectivity index (χ4n) is 3.47. The van der Waals surface area contributed by atoms with Crippen molar-refractivity contribution in [1.29, 1.82) is 0 Å². The zero-order valence-corrected chi connectivity index (χ0v) is 16.5. The number of nitrogens with zero attached hydrogens (tertiary/aromatic N) is 2. The van der Waals surface area contributed by atoms with Crippen LogP contribution in [0.25, 0.3) is 0 Å². The zero-order valence-electron chi connectivity index (χ0n) is 16.5. The van der Waals surface area contributed by atoms with E-state index in [1.165, 1.54) is 5.56 Å². The topological polar surface area (TPSA) is 44.7 Å². The third-order valence-electron chi connectivity index (χ3n) is 5.10. The van der Waals surface area contributed by atoms with E-state index in [1.54, 1.807) is 0 Å². The van der Waals surface area contributed by atoms with E-state index in [4.69, 9.17) is 5.10 Å². The molecule has 0 radical (unpaired) electrons. The summed E-state index contributed by atoms with van der Waals surface area (Å²) in [5.41, 5.74) is 2.46. The molecular formula is C23H29N3O. The standard InChI is InChI=1S/C23H29N3O/c1-4-5-16-26-21(18-12-8-6-9-13-18)17-20(25-26)22(27)24-23(2,3)19-14-10-7-11-15-19/h6-15,21H,4-5,16-17H2,1-3H3,(H,24,27). The lowest BCUT2D eigenvalue weighted by atomic mass is 9.93. The Morgan fingerprint density at radius 3 is 2.37 bits per heavy atom. The zero-order chi connectivity index (χ0) is 19.3. The number of hydrazone groups is 1. The molecule has 0 saturated heterocycles. The molecule has 1 amide bonds. The second-order valence-corrected chi connectivity index (χ2v) is 7.64. The van der Waals surface area contributed by atoms with Gasteiger partial charge < -0.3 is 5.32 Å². The molecule has 1 aliphatic rings. The van der Waals surface area contributed by atoms with Crippen LogP contribution in [0.15, 0.2) is 65.8 Å². The summed E-state index contributed by atoms with van der Waals surface area (Å²) in [4.78, 5) is 13.0. The van der Waals surface area contributed by atoms with Crippen LogP contribution in [0.3, 0.4) is 0 Å². The fourth-order valence-corrected chi connectivity index (χ4v) is 3.47. The molecule has 1 N–H and O–H groups in total. The predicted molar refractivity (Wildman–Crippen MR) is 110 cm³/mol. The summed E-state index contributed by atoms with van der Waals surface area (Å²) in [7, 11) is 0. The average Bonchev–Trinajstić information content (AvgIpc) is 3.12. The maximum atomic E-state index is 13.0. The molecule has 0 spiro atoms. The van der Waals surface area contributed by atoms with Crippen molar-refractivity contribution in [2.24, 2.45) is 5.10 Å². The van der Waals surface area contributed by atoms with Gasteiger partial charge in [0.05, 0.1) is 11.6 Å². The Bertz CT molecular complexity index is 784. The van der Waals surface area contributed by atoms with Gasteiger partial charge in [0.1, 0.15) is 5.71 Å². The molecule has 0 aromatic heterocycles. The Kier molecular flexibility index (Phi) is 5.94. The van der Waals surface area contributed by atoms with Crippen LogP contribution in [0, 0.1) is 0 Å². The Labute approximate surface area is 162 Å². The van der Waals surface area contributed by atoms with Crippen LogP contribution in [0.5, 0.6) is 0 Å². The van der Waals surface area contributed by atoms with E-state index in [0.717, 1.165) is 24.9 Å². The molecule has 0 aliphatic carbocycles. The minimum atomic E-state index is -0.444. The Hall–Kier alpha value is -2.62. The number of hydrogen-bond acceptors (Lipinski definition) is 3. The van der Waals surface area contributed by atoms with Gasteiger partial charge in [-0.1, -0.05) is 74.0 Å². The fraction of sp³-hybridized carbons (Fsp3) is 0.391. The highest BCUT2D eigenvalue weighted by Gasteiger charge is 2.33. The molecule has 0 bridgehead atoms. The van der Waals surface area contributed by atoms with Gasteiger partial charge in [-0.15, -0.1) is 0 Å². The monoisotopic (exact) mass is 363 g/mol. The SMILES string of the molecule is CCCCN1N=C(C(=O)NC(C)(C)c2ccccc2)CC1c1ccccc1. The van der Waals surface area contributed by atoms with Gasteiger partial charge in [-0.25, -0.2) is 0 Å². The van der Waals surface area contributed by atoms with Crippen LogP contribution in [-0.2, 0) is 10.3 Å². The molecule has 0 fully saturated rings. The number of carbonyl (C=O) groups is 1. The Morgan fingerprint density at radius 2 is 1.74 bits per heavy atom. The summed E-state index contributed by atoms with van der Waals surface area (Å²) in [6.45, 7) is 7.10. The molecule has 4 heteroatoms. The first-order valence-electron chi connectivity index (χ1n) is 9.78. The van der Waals surface area contributed by atoms with Crippen molar-refractivity contribution in [3.05, 3.63) is 71.8 Å². The van der Waals surface area contributed by atoms with E-state index in [9.17, 15) is 4.79 Å². The van der Waals surface area contributed by atoms with Crippen molar-refractivity contribution < 1.29 is 4.79 Å². The largest absolute Gasteiger partial charge is 0.342 e. The first-order chi connectivity index (χ1) is 13.0. The van der Waals surface area contributed by atoms with Crippen LogP contribution in [-0.4, -0.2) is 23.2 Å². The second-order valence-electron chi connectivity index (χ2n) is 7.64. The molecule has 142 valence electrons. The van der Waals surface area contributed by atoms with Crippen molar-refractivity contribution in [2.75, 3.05) is 6.54 Å². The van der Waals surface area contributed by atoms with Crippen molar-refractivity contribution in [2.45, 2.75) is 51.6 Å². The number of rotatable bonds is 7. The molecule has 3 rings (SSSR count). The number of unbranched alkanes of at least 4 members (excludes halogenated alkanes) is 1. The molecule has 1 heterocycles. The Balaban J connectivity index is 1.76. The lowest BCUT2D eigenvalue weighted by molar-refractivity contribution is -0.116. The van der Waals surface area contributed by atoms with Gasteiger partial charge in [-0.3, -0.25) is 9.80 Å². The minimum Gasteiger partial charge on any atom is -0.342 e. The average molecular weight is 364 g/mol. The van der Waals surface area contributed by atoms with Crippen molar-refractivity contribution in [3.8, 4) is 0 Å². The molecule has 0 saturated carbocycles. The molecule has 1 aliphatic heterocycles. The summed E-state index contributed by atoms with van der Waals surface area (Å²) in [5, 5.41) is 9.95. The number of hydrogen-bond donors (Lipinski definition) is 1. The smallest absolute Gasteiger partial charge is 0.268 e. The van der Waals surface area contributed by atoms with Gasteiger partial charge in [0.15, 0.2) is 0 Å². The van der Waals surface area contributed by atoms with Crippen molar-refractivity contribution in [3.63, 3.8) is 0 Å². The highest BCUT2D eigenvalue weighted by molar-refractivity contribution is 6.39. The number of carbonyl (C=O) groups excluding carboxylic acids is 1. The van der Waals surface area contributed by atoms with Crippen molar-refractivity contribution >= 4 is 11.6 Å². The molecule has 2 aromatic rings. The van der Waals surface area contributed by atoms with E-state index < -0.39 is 5.54 Å².